The summed E-state index contributed by atoms with van der Waals surface area (Å²) in [7, 11) is 0. The number of rotatable bonds is 3. The summed E-state index contributed by atoms with van der Waals surface area (Å²) in [5.41, 5.74) is 4.89. The molecule has 1 unspecified atom stereocenters. The molecule has 1 atom stereocenters. The Morgan fingerprint density at radius 3 is 2.65 bits per heavy atom. The molecule has 0 aliphatic carbocycles. The second-order valence-electron chi connectivity index (χ2n) is 5.37. The van der Waals surface area contributed by atoms with Crippen LogP contribution in [-0.2, 0) is 6.54 Å². The van der Waals surface area contributed by atoms with E-state index in [1.165, 1.54) is 16.6 Å². The van der Waals surface area contributed by atoms with E-state index in [0.29, 0.717) is 5.92 Å². The summed E-state index contributed by atoms with van der Waals surface area (Å²) in [4.78, 5) is 3.30. The van der Waals surface area contributed by atoms with Gasteiger partial charge in [-0.05, 0) is 48.3 Å². The minimum absolute atomic E-state index is 0.434. The van der Waals surface area contributed by atoms with E-state index in [1.807, 2.05) is 0 Å². The number of aromatic nitrogens is 2. The van der Waals surface area contributed by atoms with E-state index in [0.717, 1.165) is 16.8 Å². The number of H-pyrrole nitrogens is 1. The number of hydrogen-bond donors (Lipinski definition) is 1. The standard InChI is InChI=1S/C17H18N2S/c1-12-8-9-16-15(10-12)18-17(20)19(16)11-13(2)14-6-4-3-5-7-14/h3-10,13H,11H2,1-2H3,(H,18,20). The van der Waals surface area contributed by atoms with Crippen molar-refractivity contribution in [2.45, 2.75) is 26.3 Å². The van der Waals surface area contributed by atoms with Gasteiger partial charge in [0.1, 0.15) is 0 Å². The second-order valence-corrected chi connectivity index (χ2v) is 5.76. The summed E-state index contributed by atoms with van der Waals surface area (Å²) in [5.74, 6) is 0.434. The Morgan fingerprint density at radius 2 is 1.90 bits per heavy atom. The Kier molecular flexibility index (Phi) is 3.45. The van der Waals surface area contributed by atoms with Crippen LogP contribution in [0.15, 0.2) is 48.5 Å². The number of benzene rings is 2. The molecule has 0 spiro atoms. The highest BCUT2D eigenvalue weighted by molar-refractivity contribution is 7.71. The summed E-state index contributed by atoms with van der Waals surface area (Å²) in [6, 6.07) is 17.0. The lowest BCUT2D eigenvalue weighted by atomic mass is 10.0. The van der Waals surface area contributed by atoms with Crippen LogP contribution in [0.25, 0.3) is 11.0 Å². The maximum Gasteiger partial charge on any atom is 0.178 e. The monoisotopic (exact) mass is 282 g/mol. The van der Waals surface area contributed by atoms with Crippen LogP contribution >= 0.6 is 12.2 Å². The number of aromatic amines is 1. The minimum atomic E-state index is 0.434. The van der Waals surface area contributed by atoms with Crippen molar-refractivity contribution in [2.24, 2.45) is 0 Å². The van der Waals surface area contributed by atoms with E-state index in [-0.39, 0.29) is 0 Å². The molecule has 2 aromatic carbocycles. The van der Waals surface area contributed by atoms with Gasteiger partial charge >= 0.3 is 0 Å². The van der Waals surface area contributed by atoms with Crippen LogP contribution in [0, 0.1) is 11.7 Å². The van der Waals surface area contributed by atoms with Gasteiger partial charge in [-0.3, -0.25) is 0 Å². The Morgan fingerprint density at radius 1 is 1.15 bits per heavy atom. The van der Waals surface area contributed by atoms with E-state index in [9.17, 15) is 0 Å². The fourth-order valence-electron chi connectivity index (χ4n) is 2.62. The average molecular weight is 282 g/mol. The predicted molar refractivity (Wildman–Crippen MR) is 86.7 cm³/mol. The van der Waals surface area contributed by atoms with Crippen LogP contribution < -0.4 is 0 Å². The Hall–Kier alpha value is -1.87. The maximum atomic E-state index is 5.47. The Balaban J connectivity index is 1.99. The molecule has 0 saturated carbocycles. The van der Waals surface area contributed by atoms with Gasteiger partial charge in [0.25, 0.3) is 0 Å². The number of fused-ring (bicyclic) bond motifs is 1. The third-order valence-electron chi connectivity index (χ3n) is 3.75. The zero-order chi connectivity index (χ0) is 14.1. The molecule has 0 saturated heterocycles. The van der Waals surface area contributed by atoms with Crippen molar-refractivity contribution in [2.75, 3.05) is 0 Å². The van der Waals surface area contributed by atoms with Gasteiger partial charge in [-0.2, -0.15) is 0 Å². The quantitative estimate of drug-likeness (QED) is 0.684. The Labute approximate surface area is 124 Å². The molecule has 1 N–H and O–H groups in total. The van der Waals surface area contributed by atoms with Gasteiger partial charge in [0.2, 0.25) is 0 Å². The molecular weight excluding hydrogens is 264 g/mol. The molecule has 0 aliphatic rings. The van der Waals surface area contributed by atoms with Crippen LogP contribution in [-0.4, -0.2) is 9.55 Å². The number of aryl methyl sites for hydroxylation is 1. The summed E-state index contributed by atoms with van der Waals surface area (Å²) >= 11 is 5.47. The summed E-state index contributed by atoms with van der Waals surface area (Å²) in [5, 5.41) is 0. The third kappa shape index (κ3) is 2.41. The number of nitrogens with zero attached hydrogens (tertiary/aromatic N) is 1. The van der Waals surface area contributed by atoms with Crippen molar-refractivity contribution in [3.05, 3.63) is 64.4 Å². The maximum absolute atomic E-state index is 5.47. The lowest BCUT2D eigenvalue weighted by molar-refractivity contribution is 0.605. The molecule has 0 bridgehead atoms. The molecule has 2 nitrogen and oxygen atoms in total. The van der Waals surface area contributed by atoms with E-state index < -0.39 is 0 Å². The summed E-state index contributed by atoms with van der Waals surface area (Å²) in [6.07, 6.45) is 0. The van der Waals surface area contributed by atoms with Crippen LogP contribution in [0.3, 0.4) is 0 Å². The first-order valence-electron chi connectivity index (χ1n) is 6.89. The van der Waals surface area contributed by atoms with Gasteiger partial charge < -0.3 is 9.55 Å². The number of hydrogen-bond acceptors (Lipinski definition) is 1. The highest BCUT2D eigenvalue weighted by Crippen LogP contribution is 2.21. The van der Waals surface area contributed by atoms with Crippen LogP contribution in [0.1, 0.15) is 24.0 Å². The van der Waals surface area contributed by atoms with Gasteiger partial charge in [-0.15, -0.1) is 0 Å². The molecule has 3 heteroatoms. The molecule has 0 fully saturated rings. The predicted octanol–water partition coefficient (Wildman–Crippen LogP) is 4.81. The normalized spacial score (nSPS) is 12.7. The molecule has 1 heterocycles. The van der Waals surface area contributed by atoms with Crippen molar-refractivity contribution < 1.29 is 0 Å². The molecule has 3 rings (SSSR count). The largest absolute Gasteiger partial charge is 0.331 e. The summed E-state index contributed by atoms with van der Waals surface area (Å²) < 4.78 is 3.00. The van der Waals surface area contributed by atoms with Gasteiger partial charge in [0, 0.05) is 6.54 Å². The fraction of sp³-hybridized carbons (Fsp3) is 0.235. The second kappa shape index (κ2) is 5.25. The zero-order valence-corrected chi connectivity index (χ0v) is 12.6. The average Bonchev–Trinajstić information content (AvgIpc) is 2.75. The van der Waals surface area contributed by atoms with Crippen LogP contribution in [0.5, 0.6) is 0 Å². The highest BCUT2D eigenvalue weighted by Gasteiger charge is 2.10. The molecule has 0 radical (unpaired) electrons. The molecule has 1 aromatic heterocycles. The van der Waals surface area contributed by atoms with Crippen molar-refractivity contribution in [3.63, 3.8) is 0 Å². The first-order valence-corrected chi connectivity index (χ1v) is 7.30. The zero-order valence-electron chi connectivity index (χ0n) is 11.8. The molecular formula is C17H18N2S. The molecule has 20 heavy (non-hydrogen) atoms. The van der Waals surface area contributed by atoms with E-state index in [1.54, 1.807) is 0 Å². The lowest BCUT2D eigenvalue weighted by Gasteiger charge is -2.13. The fourth-order valence-corrected chi connectivity index (χ4v) is 2.90. The van der Waals surface area contributed by atoms with Crippen molar-refractivity contribution >= 4 is 23.3 Å². The van der Waals surface area contributed by atoms with Gasteiger partial charge in [-0.1, -0.05) is 43.3 Å². The van der Waals surface area contributed by atoms with Crippen LogP contribution in [0.2, 0.25) is 0 Å². The van der Waals surface area contributed by atoms with E-state index >= 15 is 0 Å². The minimum Gasteiger partial charge on any atom is -0.331 e. The van der Waals surface area contributed by atoms with Gasteiger partial charge in [-0.25, -0.2) is 0 Å². The highest BCUT2D eigenvalue weighted by atomic mass is 32.1. The first kappa shape index (κ1) is 13.1. The van der Waals surface area contributed by atoms with Crippen molar-refractivity contribution in [1.29, 1.82) is 0 Å². The Bertz CT molecular complexity index is 784. The number of nitrogens with one attached hydrogen (secondary N) is 1. The smallest absolute Gasteiger partial charge is 0.178 e. The molecule has 102 valence electrons. The molecule has 0 amide bonds. The van der Waals surface area contributed by atoms with Gasteiger partial charge in [0.15, 0.2) is 4.77 Å². The third-order valence-corrected chi connectivity index (χ3v) is 4.08. The van der Waals surface area contributed by atoms with E-state index in [4.69, 9.17) is 12.2 Å². The lowest BCUT2D eigenvalue weighted by Crippen LogP contribution is -2.06. The van der Waals surface area contributed by atoms with Crippen molar-refractivity contribution in [3.8, 4) is 0 Å². The van der Waals surface area contributed by atoms with Gasteiger partial charge in [0.05, 0.1) is 11.0 Å². The molecule has 3 aromatic rings. The molecule has 0 aliphatic heterocycles. The first-order chi connectivity index (χ1) is 9.65. The summed E-state index contributed by atoms with van der Waals surface area (Å²) in [6.45, 7) is 5.23. The number of imidazole rings is 1. The van der Waals surface area contributed by atoms with Crippen molar-refractivity contribution in [1.82, 2.24) is 9.55 Å². The van der Waals surface area contributed by atoms with Crippen LogP contribution in [0.4, 0.5) is 0 Å². The topological polar surface area (TPSA) is 20.7 Å². The SMILES string of the molecule is Cc1ccc2c(c1)[nH]c(=S)n2CC(C)c1ccccc1. The van der Waals surface area contributed by atoms with E-state index in [2.05, 4.69) is 71.9 Å².